The van der Waals surface area contributed by atoms with Crippen molar-refractivity contribution in [1.82, 2.24) is 4.90 Å². The maximum Gasteiger partial charge on any atom is 0.253 e. The van der Waals surface area contributed by atoms with E-state index in [2.05, 4.69) is 13.8 Å². The molecule has 0 aliphatic heterocycles. The Kier molecular flexibility index (Phi) is 6.67. The second-order valence-electron chi connectivity index (χ2n) is 7.09. The number of hydrogen-bond donors (Lipinski definition) is 0. The monoisotopic (exact) mass is 355 g/mol. The average molecular weight is 355 g/mol. The highest BCUT2D eigenvalue weighted by Gasteiger charge is 2.15. The van der Waals surface area contributed by atoms with E-state index in [1.807, 2.05) is 50.4 Å². The van der Waals surface area contributed by atoms with Gasteiger partial charge in [0.05, 0.1) is 14.2 Å². The van der Waals surface area contributed by atoms with E-state index in [0.717, 1.165) is 17.5 Å². The molecule has 0 bridgehead atoms. The Morgan fingerprint density at radius 2 is 1.62 bits per heavy atom. The lowest BCUT2D eigenvalue weighted by Crippen LogP contribution is -2.26. The minimum Gasteiger partial charge on any atom is -0.493 e. The van der Waals surface area contributed by atoms with E-state index in [1.54, 1.807) is 19.1 Å². The number of rotatable bonds is 7. The summed E-state index contributed by atoms with van der Waals surface area (Å²) in [5.74, 6) is 1.98. The van der Waals surface area contributed by atoms with Gasteiger partial charge in [-0.25, -0.2) is 0 Å². The minimum atomic E-state index is 0.00952. The van der Waals surface area contributed by atoms with Gasteiger partial charge in [-0.3, -0.25) is 4.79 Å². The van der Waals surface area contributed by atoms with E-state index in [4.69, 9.17) is 9.47 Å². The Labute approximate surface area is 156 Å². The number of amides is 1. The van der Waals surface area contributed by atoms with Crippen molar-refractivity contribution in [3.63, 3.8) is 0 Å². The van der Waals surface area contributed by atoms with E-state index < -0.39 is 0 Å². The van der Waals surface area contributed by atoms with Gasteiger partial charge in [0, 0.05) is 19.2 Å². The van der Waals surface area contributed by atoms with Gasteiger partial charge in [0.2, 0.25) is 0 Å². The number of methoxy groups -OCH3 is 2. The predicted molar refractivity (Wildman–Crippen MR) is 105 cm³/mol. The van der Waals surface area contributed by atoms with Gasteiger partial charge < -0.3 is 14.4 Å². The molecule has 0 atom stereocenters. The van der Waals surface area contributed by atoms with Gasteiger partial charge in [-0.05, 0) is 60.2 Å². The minimum absolute atomic E-state index is 0.00952. The van der Waals surface area contributed by atoms with Crippen LogP contribution in [0.1, 0.15) is 40.9 Å². The van der Waals surface area contributed by atoms with Crippen molar-refractivity contribution in [3.8, 4) is 11.5 Å². The Balaban J connectivity index is 2.14. The second-order valence-corrected chi connectivity index (χ2v) is 7.09. The lowest BCUT2D eigenvalue weighted by molar-refractivity contribution is 0.0785. The Morgan fingerprint density at radius 3 is 2.15 bits per heavy atom. The number of hydrogen-bond acceptors (Lipinski definition) is 3. The third kappa shape index (κ3) is 4.78. The number of benzene rings is 2. The van der Waals surface area contributed by atoms with Crippen LogP contribution in [0.3, 0.4) is 0 Å². The van der Waals surface area contributed by atoms with Crippen molar-refractivity contribution in [2.75, 3.05) is 21.3 Å². The lowest BCUT2D eigenvalue weighted by atomic mass is 10.0. The summed E-state index contributed by atoms with van der Waals surface area (Å²) in [6, 6.07) is 11.8. The second kappa shape index (κ2) is 8.75. The molecular formula is C22H29NO3. The quantitative estimate of drug-likeness (QED) is 0.735. The Hall–Kier alpha value is -2.49. The van der Waals surface area contributed by atoms with Gasteiger partial charge >= 0.3 is 0 Å². The molecule has 0 radical (unpaired) electrons. The topological polar surface area (TPSA) is 38.8 Å². The van der Waals surface area contributed by atoms with Gasteiger partial charge in [0.25, 0.3) is 5.91 Å². The summed E-state index contributed by atoms with van der Waals surface area (Å²) in [7, 11) is 5.06. The van der Waals surface area contributed by atoms with Crippen molar-refractivity contribution in [1.29, 1.82) is 0 Å². The molecule has 0 aliphatic carbocycles. The number of nitrogens with zero attached hydrogens (tertiary/aromatic N) is 1. The zero-order valence-electron chi connectivity index (χ0n) is 16.6. The third-order valence-electron chi connectivity index (χ3n) is 4.44. The molecule has 4 nitrogen and oxygen atoms in total. The standard InChI is InChI=1S/C22H29NO3/c1-15(2)11-17-7-9-18(10-8-17)22(24)23(4)14-19-13-21(26-6)20(25-5)12-16(19)3/h7-10,12-13,15H,11,14H2,1-6H3. The summed E-state index contributed by atoms with van der Waals surface area (Å²) >= 11 is 0. The molecule has 0 saturated carbocycles. The van der Waals surface area contributed by atoms with E-state index in [9.17, 15) is 4.79 Å². The van der Waals surface area contributed by atoms with E-state index in [1.165, 1.54) is 5.56 Å². The van der Waals surface area contributed by atoms with Crippen molar-refractivity contribution in [2.24, 2.45) is 5.92 Å². The summed E-state index contributed by atoms with van der Waals surface area (Å²) in [6.45, 7) is 6.91. The van der Waals surface area contributed by atoms with Gasteiger partial charge in [0.15, 0.2) is 11.5 Å². The zero-order chi connectivity index (χ0) is 19.3. The average Bonchev–Trinajstić information content (AvgIpc) is 2.62. The third-order valence-corrected chi connectivity index (χ3v) is 4.44. The van der Waals surface area contributed by atoms with Crippen LogP contribution in [0.15, 0.2) is 36.4 Å². The molecule has 0 spiro atoms. The van der Waals surface area contributed by atoms with Gasteiger partial charge in [0.1, 0.15) is 0 Å². The van der Waals surface area contributed by atoms with E-state index in [0.29, 0.717) is 29.5 Å². The molecule has 2 aromatic rings. The number of carbonyl (C=O) groups excluding carboxylic acids is 1. The van der Waals surface area contributed by atoms with Crippen molar-refractivity contribution in [3.05, 3.63) is 58.7 Å². The molecule has 2 aromatic carbocycles. The zero-order valence-corrected chi connectivity index (χ0v) is 16.6. The van der Waals surface area contributed by atoms with Gasteiger partial charge in [-0.15, -0.1) is 0 Å². The molecule has 140 valence electrons. The van der Waals surface area contributed by atoms with E-state index in [-0.39, 0.29) is 5.91 Å². The summed E-state index contributed by atoms with van der Waals surface area (Å²) in [5, 5.41) is 0. The normalized spacial score (nSPS) is 10.7. The summed E-state index contributed by atoms with van der Waals surface area (Å²) in [5.41, 5.74) is 4.07. The Morgan fingerprint density at radius 1 is 1.04 bits per heavy atom. The lowest BCUT2D eigenvalue weighted by Gasteiger charge is -2.20. The van der Waals surface area contributed by atoms with Crippen molar-refractivity contribution in [2.45, 2.75) is 33.7 Å². The maximum absolute atomic E-state index is 12.7. The van der Waals surface area contributed by atoms with Gasteiger partial charge in [-0.2, -0.15) is 0 Å². The Bertz CT molecular complexity index is 751. The molecule has 0 unspecified atom stereocenters. The summed E-state index contributed by atoms with van der Waals surface area (Å²) in [6.07, 6.45) is 1.02. The number of carbonyl (C=O) groups is 1. The van der Waals surface area contributed by atoms with Crippen LogP contribution in [0.2, 0.25) is 0 Å². The fourth-order valence-electron chi connectivity index (χ4n) is 3.00. The van der Waals surface area contributed by atoms with Crippen LogP contribution in [0.25, 0.3) is 0 Å². The molecule has 4 heteroatoms. The molecule has 0 fully saturated rings. The molecule has 1 amide bonds. The van der Waals surface area contributed by atoms with Crippen LogP contribution in [-0.2, 0) is 13.0 Å². The fraction of sp³-hybridized carbons (Fsp3) is 0.409. The van der Waals surface area contributed by atoms with E-state index >= 15 is 0 Å². The first kappa shape index (κ1) is 19.8. The molecule has 2 rings (SSSR count). The summed E-state index contributed by atoms with van der Waals surface area (Å²) < 4.78 is 10.7. The molecular weight excluding hydrogens is 326 g/mol. The SMILES string of the molecule is COc1cc(C)c(CN(C)C(=O)c2ccc(CC(C)C)cc2)cc1OC. The largest absolute Gasteiger partial charge is 0.493 e. The van der Waals surface area contributed by atoms with Crippen LogP contribution < -0.4 is 9.47 Å². The van der Waals surface area contributed by atoms with Crippen molar-refractivity contribution < 1.29 is 14.3 Å². The van der Waals surface area contributed by atoms with Crippen LogP contribution in [-0.4, -0.2) is 32.1 Å². The predicted octanol–water partition coefficient (Wildman–Crippen LogP) is 4.48. The number of ether oxygens (including phenoxy) is 2. The maximum atomic E-state index is 12.7. The first-order valence-corrected chi connectivity index (χ1v) is 8.91. The van der Waals surface area contributed by atoms with Crippen LogP contribution in [0.5, 0.6) is 11.5 Å². The first-order chi connectivity index (χ1) is 12.3. The first-order valence-electron chi connectivity index (χ1n) is 8.91. The number of aryl methyl sites for hydroxylation is 1. The molecule has 0 aromatic heterocycles. The molecule has 26 heavy (non-hydrogen) atoms. The highest BCUT2D eigenvalue weighted by Crippen LogP contribution is 2.30. The molecule has 0 aliphatic rings. The fourth-order valence-corrected chi connectivity index (χ4v) is 3.00. The smallest absolute Gasteiger partial charge is 0.253 e. The molecule has 0 N–H and O–H groups in total. The summed E-state index contributed by atoms with van der Waals surface area (Å²) in [4.78, 5) is 14.5. The van der Waals surface area contributed by atoms with Crippen LogP contribution in [0, 0.1) is 12.8 Å². The highest BCUT2D eigenvalue weighted by molar-refractivity contribution is 5.94. The van der Waals surface area contributed by atoms with Crippen LogP contribution in [0.4, 0.5) is 0 Å². The van der Waals surface area contributed by atoms with Crippen molar-refractivity contribution >= 4 is 5.91 Å². The highest BCUT2D eigenvalue weighted by atomic mass is 16.5. The molecule has 0 heterocycles. The molecule has 0 saturated heterocycles. The van der Waals surface area contributed by atoms with Crippen LogP contribution >= 0.6 is 0 Å². The van der Waals surface area contributed by atoms with Gasteiger partial charge in [-0.1, -0.05) is 26.0 Å².